The van der Waals surface area contributed by atoms with E-state index in [0.29, 0.717) is 12.1 Å². The molecule has 0 saturated heterocycles. The van der Waals surface area contributed by atoms with Gasteiger partial charge in [0, 0.05) is 5.69 Å². The number of rotatable bonds is 6. The Morgan fingerprint density at radius 2 is 1.76 bits per heavy atom. The first-order chi connectivity index (χ1) is 12.1. The molecule has 1 aliphatic rings. The van der Waals surface area contributed by atoms with Gasteiger partial charge in [-0.25, -0.2) is 0 Å². The fraction of sp³-hybridized carbons (Fsp3) is 0.250. The molecule has 1 N–H and O–H groups in total. The van der Waals surface area contributed by atoms with E-state index in [1.54, 1.807) is 24.3 Å². The molecule has 0 spiro atoms. The zero-order chi connectivity index (χ0) is 17.7. The van der Waals surface area contributed by atoms with Gasteiger partial charge in [0.2, 0.25) is 0 Å². The number of anilines is 1. The number of hydrogen-bond donors (Lipinski definition) is 1. The van der Waals surface area contributed by atoms with Crippen molar-refractivity contribution in [1.29, 1.82) is 5.26 Å². The lowest BCUT2D eigenvalue weighted by atomic mass is 9.96. The normalized spacial score (nSPS) is 14.2. The minimum Gasteiger partial charge on any atom is -0.455 e. The SMILES string of the molecule is N#CCc1ccc(NC(=O)COC(=O)C2(c3ccccc3)CC2)cc1. The van der Waals surface area contributed by atoms with E-state index < -0.39 is 5.41 Å². The molecule has 3 rings (SSSR count). The van der Waals surface area contributed by atoms with Crippen LogP contribution in [0.2, 0.25) is 0 Å². The third-order valence-electron chi connectivity index (χ3n) is 4.32. The number of ether oxygens (including phenoxy) is 1. The number of carbonyl (C=O) groups excluding carboxylic acids is 2. The van der Waals surface area contributed by atoms with Gasteiger partial charge in [-0.1, -0.05) is 42.5 Å². The maximum absolute atomic E-state index is 12.4. The van der Waals surface area contributed by atoms with E-state index in [0.717, 1.165) is 24.0 Å². The monoisotopic (exact) mass is 334 g/mol. The molecule has 1 aliphatic carbocycles. The van der Waals surface area contributed by atoms with E-state index in [2.05, 4.69) is 11.4 Å². The van der Waals surface area contributed by atoms with Crippen LogP contribution >= 0.6 is 0 Å². The van der Waals surface area contributed by atoms with E-state index in [1.807, 2.05) is 30.3 Å². The molecule has 2 aromatic rings. The van der Waals surface area contributed by atoms with Crippen molar-refractivity contribution in [3.63, 3.8) is 0 Å². The van der Waals surface area contributed by atoms with E-state index in [-0.39, 0.29) is 18.5 Å². The summed E-state index contributed by atoms with van der Waals surface area (Å²) in [5, 5.41) is 11.3. The van der Waals surface area contributed by atoms with Crippen LogP contribution < -0.4 is 5.32 Å². The zero-order valence-corrected chi connectivity index (χ0v) is 13.7. The number of benzene rings is 2. The first kappa shape index (κ1) is 16.7. The van der Waals surface area contributed by atoms with Crippen molar-refractivity contribution in [2.45, 2.75) is 24.7 Å². The molecule has 1 saturated carbocycles. The summed E-state index contributed by atoms with van der Waals surface area (Å²) < 4.78 is 5.23. The maximum atomic E-state index is 12.4. The number of esters is 1. The molecule has 5 nitrogen and oxygen atoms in total. The van der Waals surface area contributed by atoms with E-state index in [9.17, 15) is 9.59 Å². The number of hydrogen-bond acceptors (Lipinski definition) is 4. The Hall–Kier alpha value is -3.13. The Morgan fingerprint density at radius 3 is 2.36 bits per heavy atom. The predicted octanol–water partition coefficient (Wildman–Crippen LogP) is 2.97. The third kappa shape index (κ3) is 3.86. The smallest absolute Gasteiger partial charge is 0.317 e. The summed E-state index contributed by atoms with van der Waals surface area (Å²) in [4.78, 5) is 24.3. The molecule has 25 heavy (non-hydrogen) atoms. The minimum absolute atomic E-state index is 0.312. The molecule has 1 amide bonds. The van der Waals surface area contributed by atoms with Gasteiger partial charge in [-0.2, -0.15) is 5.26 Å². The zero-order valence-electron chi connectivity index (χ0n) is 13.7. The summed E-state index contributed by atoms with van der Waals surface area (Å²) in [6, 6.07) is 18.6. The van der Waals surface area contributed by atoms with Crippen molar-refractivity contribution in [3.05, 3.63) is 65.7 Å². The first-order valence-corrected chi connectivity index (χ1v) is 8.12. The summed E-state index contributed by atoms with van der Waals surface area (Å²) >= 11 is 0. The Balaban J connectivity index is 1.52. The van der Waals surface area contributed by atoms with Crippen molar-refractivity contribution in [1.82, 2.24) is 0 Å². The number of carbonyl (C=O) groups is 2. The molecule has 2 aromatic carbocycles. The summed E-state index contributed by atoms with van der Waals surface area (Å²) in [5.74, 6) is -0.733. The van der Waals surface area contributed by atoms with Gasteiger partial charge in [0.25, 0.3) is 5.91 Å². The van der Waals surface area contributed by atoms with Gasteiger partial charge < -0.3 is 10.1 Å². The second-order valence-electron chi connectivity index (χ2n) is 6.10. The number of nitriles is 1. The van der Waals surface area contributed by atoms with Gasteiger partial charge in [0.1, 0.15) is 0 Å². The molecule has 126 valence electrons. The molecule has 0 unspecified atom stereocenters. The molecule has 0 aromatic heterocycles. The van der Waals surface area contributed by atoms with Crippen LogP contribution in [-0.4, -0.2) is 18.5 Å². The quantitative estimate of drug-likeness (QED) is 0.824. The maximum Gasteiger partial charge on any atom is 0.317 e. The second-order valence-corrected chi connectivity index (χ2v) is 6.10. The molecule has 0 aliphatic heterocycles. The van der Waals surface area contributed by atoms with Crippen LogP contribution in [0.5, 0.6) is 0 Å². The third-order valence-corrected chi connectivity index (χ3v) is 4.32. The highest BCUT2D eigenvalue weighted by atomic mass is 16.5. The van der Waals surface area contributed by atoms with Crippen LogP contribution in [0.25, 0.3) is 0 Å². The Labute approximate surface area is 146 Å². The van der Waals surface area contributed by atoms with Gasteiger partial charge in [0.05, 0.1) is 17.9 Å². The molecule has 5 heteroatoms. The molecular formula is C20H18N2O3. The lowest BCUT2D eigenvalue weighted by Crippen LogP contribution is -2.28. The summed E-state index contributed by atoms with van der Waals surface area (Å²) in [6.07, 6.45) is 1.82. The van der Waals surface area contributed by atoms with Crippen LogP contribution in [0.15, 0.2) is 54.6 Å². The van der Waals surface area contributed by atoms with Gasteiger partial charge in [0.15, 0.2) is 6.61 Å². The largest absolute Gasteiger partial charge is 0.455 e. The standard InChI is InChI=1S/C20H18N2O3/c21-13-10-15-6-8-17(9-7-15)22-18(23)14-25-19(24)20(11-12-20)16-4-2-1-3-5-16/h1-9H,10-12,14H2,(H,22,23). The highest BCUT2D eigenvalue weighted by Gasteiger charge is 2.52. The number of nitrogens with zero attached hydrogens (tertiary/aromatic N) is 1. The number of amides is 1. The van der Waals surface area contributed by atoms with Gasteiger partial charge >= 0.3 is 5.97 Å². The average Bonchev–Trinajstić information content (AvgIpc) is 3.44. The number of nitrogens with one attached hydrogen (secondary N) is 1. The van der Waals surface area contributed by atoms with E-state index >= 15 is 0 Å². The highest BCUT2D eigenvalue weighted by molar-refractivity contribution is 5.94. The molecule has 0 radical (unpaired) electrons. The van der Waals surface area contributed by atoms with Crippen molar-refractivity contribution in [2.24, 2.45) is 0 Å². The van der Waals surface area contributed by atoms with Crippen LogP contribution in [0.1, 0.15) is 24.0 Å². The van der Waals surface area contributed by atoms with Gasteiger partial charge in [-0.05, 0) is 36.1 Å². The van der Waals surface area contributed by atoms with Crippen LogP contribution in [0.4, 0.5) is 5.69 Å². The minimum atomic E-state index is -0.583. The van der Waals surface area contributed by atoms with Crippen LogP contribution in [0.3, 0.4) is 0 Å². The molecule has 0 atom stereocenters. The highest BCUT2D eigenvalue weighted by Crippen LogP contribution is 2.49. The van der Waals surface area contributed by atoms with E-state index in [4.69, 9.17) is 10.00 Å². The van der Waals surface area contributed by atoms with Crippen molar-refractivity contribution < 1.29 is 14.3 Å². The lowest BCUT2D eigenvalue weighted by molar-refractivity contribution is -0.150. The van der Waals surface area contributed by atoms with Crippen LogP contribution in [0, 0.1) is 11.3 Å². The fourth-order valence-corrected chi connectivity index (χ4v) is 2.76. The fourth-order valence-electron chi connectivity index (χ4n) is 2.76. The average molecular weight is 334 g/mol. The Bertz CT molecular complexity index is 803. The summed E-state index contributed by atoms with van der Waals surface area (Å²) in [6.45, 7) is -0.312. The topological polar surface area (TPSA) is 79.2 Å². The van der Waals surface area contributed by atoms with Gasteiger partial charge in [-0.15, -0.1) is 0 Å². The Morgan fingerprint density at radius 1 is 1.08 bits per heavy atom. The summed E-state index contributed by atoms with van der Waals surface area (Å²) in [7, 11) is 0. The summed E-state index contributed by atoms with van der Waals surface area (Å²) in [5.41, 5.74) is 1.84. The Kier molecular flexibility index (Phi) is 4.80. The van der Waals surface area contributed by atoms with E-state index in [1.165, 1.54) is 0 Å². The predicted molar refractivity (Wildman–Crippen MR) is 92.7 cm³/mol. The van der Waals surface area contributed by atoms with Gasteiger partial charge in [-0.3, -0.25) is 9.59 Å². The molecule has 0 heterocycles. The molecular weight excluding hydrogens is 316 g/mol. The first-order valence-electron chi connectivity index (χ1n) is 8.12. The van der Waals surface area contributed by atoms with Crippen LogP contribution in [-0.2, 0) is 26.2 Å². The second kappa shape index (κ2) is 7.18. The molecule has 0 bridgehead atoms. The van der Waals surface area contributed by atoms with Crippen molar-refractivity contribution >= 4 is 17.6 Å². The lowest BCUT2D eigenvalue weighted by Gasteiger charge is -2.14. The van der Waals surface area contributed by atoms with Crippen molar-refractivity contribution in [2.75, 3.05) is 11.9 Å². The molecule has 1 fully saturated rings. The van der Waals surface area contributed by atoms with Crippen molar-refractivity contribution in [3.8, 4) is 6.07 Å².